The molecule has 0 bridgehead atoms. The number of rotatable bonds is 3. The first-order chi connectivity index (χ1) is 7.77. The van der Waals surface area contributed by atoms with Crippen molar-refractivity contribution in [1.29, 1.82) is 0 Å². The van der Waals surface area contributed by atoms with Gasteiger partial charge in [-0.3, -0.25) is 4.79 Å². The fourth-order valence-corrected chi connectivity index (χ4v) is 1.16. The molecule has 1 aromatic carbocycles. The van der Waals surface area contributed by atoms with Gasteiger partial charge in [0.25, 0.3) is 0 Å². The standard InChI is InChI=1S/C10H10N4O2/c11-14-10(15)9(6-12-14)13-16-7-8-4-2-1-3-5-8/h1-6H,7,11H2. The molecule has 1 amide bonds. The Morgan fingerprint density at radius 3 is 2.75 bits per heavy atom. The zero-order chi connectivity index (χ0) is 11.4. The molecule has 0 aliphatic carbocycles. The average Bonchev–Trinajstić information content (AvgIpc) is 2.62. The SMILES string of the molecule is NN1N=CC(=NOCc2ccccc2)C1=O. The van der Waals surface area contributed by atoms with Crippen LogP contribution in [0.3, 0.4) is 0 Å². The Kier molecular flexibility index (Phi) is 2.93. The third-order valence-corrected chi connectivity index (χ3v) is 1.97. The molecule has 1 aromatic rings. The van der Waals surface area contributed by atoms with Gasteiger partial charge in [-0.25, -0.2) is 5.84 Å². The predicted molar refractivity (Wildman–Crippen MR) is 58.2 cm³/mol. The molecule has 1 heterocycles. The number of hydrogen-bond donors (Lipinski definition) is 1. The number of oxime groups is 1. The lowest BCUT2D eigenvalue weighted by molar-refractivity contribution is -0.123. The first kappa shape index (κ1) is 10.3. The molecule has 6 nitrogen and oxygen atoms in total. The Labute approximate surface area is 91.9 Å². The van der Waals surface area contributed by atoms with Crippen LogP contribution < -0.4 is 5.84 Å². The van der Waals surface area contributed by atoms with Gasteiger partial charge in [0.05, 0.1) is 6.21 Å². The first-order valence-corrected chi connectivity index (χ1v) is 4.64. The van der Waals surface area contributed by atoms with Gasteiger partial charge in [-0.2, -0.15) is 10.2 Å². The van der Waals surface area contributed by atoms with E-state index in [0.29, 0.717) is 11.7 Å². The van der Waals surface area contributed by atoms with Crippen molar-refractivity contribution in [1.82, 2.24) is 5.12 Å². The molecule has 0 saturated carbocycles. The highest BCUT2D eigenvalue weighted by Gasteiger charge is 2.21. The van der Waals surface area contributed by atoms with Crippen molar-refractivity contribution in [3.8, 4) is 0 Å². The lowest BCUT2D eigenvalue weighted by atomic mass is 10.2. The molecule has 16 heavy (non-hydrogen) atoms. The summed E-state index contributed by atoms with van der Waals surface area (Å²) in [6, 6.07) is 9.51. The van der Waals surface area contributed by atoms with Crippen LogP contribution in [0.2, 0.25) is 0 Å². The molecular weight excluding hydrogens is 208 g/mol. The molecule has 82 valence electrons. The van der Waals surface area contributed by atoms with Gasteiger partial charge in [0.2, 0.25) is 0 Å². The minimum Gasteiger partial charge on any atom is -0.390 e. The maximum atomic E-state index is 11.2. The van der Waals surface area contributed by atoms with Gasteiger partial charge in [0.15, 0.2) is 5.71 Å². The van der Waals surface area contributed by atoms with Crippen molar-refractivity contribution in [2.24, 2.45) is 16.1 Å². The van der Waals surface area contributed by atoms with Crippen LogP contribution in [0.1, 0.15) is 5.56 Å². The summed E-state index contributed by atoms with van der Waals surface area (Å²) in [4.78, 5) is 16.2. The molecule has 0 unspecified atom stereocenters. The maximum Gasteiger partial charge on any atom is 0.312 e. The van der Waals surface area contributed by atoms with Gasteiger partial charge in [0.1, 0.15) is 6.61 Å². The van der Waals surface area contributed by atoms with Crippen molar-refractivity contribution in [2.45, 2.75) is 6.61 Å². The van der Waals surface area contributed by atoms with E-state index in [9.17, 15) is 4.79 Å². The summed E-state index contributed by atoms with van der Waals surface area (Å²) in [7, 11) is 0. The summed E-state index contributed by atoms with van der Waals surface area (Å²) in [5.41, 5.74) is 1.07. The van der Waals surface area contributed by atoms with Crippen LogP contribution in [0, 0.1) is 0 Å². The van der Waals surface area contributed by atoms with Gasteiger partial charge < -0.3 is 4.84 Å². The second-order valence-corrected chi connectivity index (χ2v) is 3.13. The van der Waals surface area contributed by atoms with Crippen molar-refractivity contribution in [2.75, 3.05) is 0 Å². The number of hydrazone groups is 1. The zero-order valence-corrected chi connectivity index (χ0v) is 8.41. The summed E-state index contributed by atoms with van der Waals surface area (Å²) in [5, 5.41) is 7.91. The summed E-state index contributed by atoms with van der Waals surface area (Å²) in [6.45, 7) is 0.302. The summed E-state index contributed by atoms with van der Waals surface area (Å²) < 4.78 is 0. The summed E-state index contributed by atoms with van der Waals surface area (Å²) in [5.74, 6) is 4.72. The molecule has 2 N–H and O–H groups in total. The van der Waals surface area contributed by atoms with Crippen molar-refractivity contribution in [3.05, 3.63) is 35.9 Å². The Morgan fingerprint density at radius 2 is 2.12 bits per heavy atom. The molecule has 0 aromatic heterocycles. The van der Waals surface area contributed by atoms with E-state index in [0.717, 1.165) is 5.56 Å². The number of carbonyl (C=O) groups excluding carboxylic acids is 1. The molecule has 0 fully saturated rings. The Hall–Kier alpha value is -2.21. The van der Waals surface area contributed by atoms with Gasteiger partial charge in [-0.05, 0) is 5.56 Å². The van der Waals surface area contributed by atoms with Gasteiger partial charge in [0, 0.05) is 0 Å². The van der Waals surface area contributed by atoms with E-state index < -0.39 is 5.91 Å². The molecule has 0 atom stereocenters. The van der Waals surface area contributed by atoms with Crippen molar-refractivity contribution < 1.29 is 9.63 Å². The number of amides is 1. The van der Waals surface area contributed by atoms with Crippen LogP contribution in [0.5, 0.6) is 0 Å². The van der Waals surface area contributed by atoms with E-state index in [-0.39, 0.29) is 5.71 Å². The van der Waals surface area contributed by atoms with E-state index in [4.69, 9.17) is 10.7 Å². The van der Waals surface area contributed by atoms with Crippen LogP contribution in [0.25, 0.3) is 0 Å². The molecule has 1 aliphatic heterocycles. The van der Waals surface area contributed by atoms with Crippen molar-refractivity contribution in [3.63, 3.8) is 0 Å². The number of nitrogens with two attached hydrogens (primary N) is 1. The van der Waals surface area contributed by atoms with Crippen LogP contribution in [0.15, 0.2) is 40.6 Å². The van der Waals surface area contributed by atoms with E-state index in [1.807, 2.05) is 30.3 Å². The third-order valence-electron chi connectivity index (χ3n) is 1.97. The number of hydrazine groups is 1. The minimum atomic E-state index is -0.479. The van der Waals surface area contributed by atoms with Crippen molar-refractivity contribution >= 4 is 17.8 Å². The van der Waals surface area contributed by atoms with Crippen LogP contribution in [0.4, 0.5) is 0 Å². The molecule has 2 rings (SSSR count). The topological polar surface area (TPSA) is 80.3 Å². The largest absolute Gasteiger partial charge is 0.390 e. The minimum absolute atomic E-state index is 0.0958. The fraction of sp³-hybridized carbons (Fsp3) is 0.100. The number of carbonyl (C=O) groups is 1. The van der Waals surface area contributed by atoms with E-state index in [2.05, 4.69) is 10.3 Å². The Morgan fingerprint density at radius 1 is 1.38 bits per heavy atom. The van der Waals surface area contributed by atoms with E-state index in [1.54, 1.807) is 0 Å². The summed E-state index contributed by atoms with van der Waals surface area (Å²) >= 11 is 0. The zero-order valence-electron chi connectivity index (χ0n) is 8.41. The number of nitrogens with zero attached hydrogens (tertiary/aromatic N) is 3. The smallest absolute Gasteiger partial charge is 0.312 e. The molecule has 6 heteroatoms. The monoisotopic (exact) mass is 218 g/mol. The lowest BCUT2D eigenvalue weighted by Gasteiger charge is -2.01. The van der Waals surface area contributed by atoms with Gasteiger partial charge >= 0.3 is 5.91 Å². The van der Waals surface area contributed by atoms with E-state index >= 15 is 0 Å². The first-order valence-electron chi connectivity index (χ1n) is 4.64. The third kappa shape index (κ3) is 2.23. The second kappa shape index (κ2) is 4.54. The molecule has 1 aliphatic rings. The molecular formula is C10H10N4O2. The lowest BCUT2D eigenvalue weighted by Crippen LogP contribution is -2.32. The molecule has 0 radical (unpaired) electrons. The average molecular weight is 218 g/mol. The van der Waals surface area contributed by atoms with E-state index in [1.165, 1.54) is 6.21 Å². The van der Waals surface area contributed by atoms with Crippen LogP contribution in [-0.2, 0) is 16.2 Å². The predicted octanol–water partition coefficient (Wildman–Crippen LogP) is 0.261. The van der Waals surface area contributed by atoms with Gasteiger partial charge in [-0.1, -0.05) is 35.5 Å². The molecule has 0 spiro atoms. The molecule has 0 saturated heterocycles. The number of hydrogen-bond acceptors (Lipinski definition) is 5. The number of benzene rings is 1. The van der Waals surface area contributed by atoms with Crippen LogP contribution in [-0.4, -0.2) is 23.0 Å². The van der Waals surface area contributed by atoms with Crippen LogP contribution >= 0.6 is 0 Å². The summed E-state index contributed by atoms with van der Waals surface area (Å²) in [6.07, 6.45) is 1.26. The normalized spacial score (nSPS) is 17.2. The quantitative estimate of drug-likeness (QED) is 0.449. The highest BCUT2D eigenvalue weighted by molar-refractivity contribution is 6.62. The highest BCUT2D eigenvalue weighted by atomic mass is 16.6. The second-order valence-electron chi connectivity index (χ2n) is 3.13. The maximum absolute atomic E-state index is 11.2. The highest BCUT2D eigenvalue weighted by Crippen LogP contribution is 2.02. The fourth-order valence-electron chi connectivity index (χ4n) is 1.16. The van der Waals surface area contributed by atoms with Gasteiger partial charge in [-0.15, -0.1) is 0 Å². The Bertz CT molecular complexity index is 441. The Balaban J connectivity index is 1.91.